The summed E-state index contributed by atoms with van der Waals surface area (Å²) in [5.74, 6) is 2.84. The van der Waals surface area contributed by atoms with Crippen LogP contribution in [0.2, 0.25) is 0 Å². The van der Waals surface area contributed by atoms with Gasteiger partial charge < -0.3 is 5.11 Å². The molecule has 1 unspecified atom stereocenters. The lowest BCUT2D eigenvalue weighted by Crippen LogP contribution is -2.34. The number of terminal acetylenes is 1. The molecule has 0 heterocycles. The third-order valence-electron chi connectivity index (χ3n) is 3.63. The number of hydrogen-bond acceptors (Lipinski definition) is 1. The van der Waals surface area contributed by atoms with E-state index in [1.54, 1.807) is 0 Å². The van der Waals surface area contributed by atoms with E-state index in [0.717, 1.165) is 18.4 Å². The largest absolute Gasteiger partial charge is 0.373 e. The second-order valence-electron chi connectivity index (χ2n) is 4.61. The Kier molecular flexibility index (Phi) is 3.31. The van der Waals surface area contributed by atoms with E-state index in [9.17, 15) is 5.11 Å². The lowest BCUT2D eigenvalue weighted by Gasteiger charge is -2.34. The highest BCUT2D eigenvalue weighted by Crippen LogP contribution is 2.38. The van der Waals surface area contributed by atoms with Crippen molar-refractivity contribution in [2.24, 2.45) is 5.92 Å². The normalized spacial score (nSPS) is 21.0. The fourth-order valence-corrected chi connectivity index (χ4v) is 2.65. The molecule has 0 saturated heterocycles. The van der Waals surface area contributed by atoms with Crippen LogP contribution in [0.3, 0.4) is 0 Å². The van der Waals surface area contributed by atoms with Gasteiger partial charge in [-0.05, 0) is 18.4 Å². The average Bonchev–Trinajstić information content (AvgIpc) is 2.40. The fraction of sp³-hybridized carbons (Fsp3) is 0.467. The third kappa shape index (κ3) is 1.99. The Balaban J connectivity index is 2.29. The molecule has 1 N–H and O–H groups in total. The summed E-state index contributed by atoms with van der Waals surface area (Å²) in [6, 6.07) is 9.66. The maximum Gasteiger partial charge on any atom is 0.153 e. The molecular formula is C15H18O. The summed E-state index contributed by atoms with van der Waals surface area (Å²) in [6.07, 6.45) is 11.3. The van der Waals surface area contributed by atoms with E-state index in [4.69, 9.17) is 6.42 Å². The predicted octanol–water partition coefficient (Wildman–Crippen LogP) is 3.09. The Morgan fingerprint density at radius 2 is 1.75 bits per heavy atom. The van der Waals surface area contributed by atoms with Crippen molar-refractivity contribution in [3.05, 3.63) is 35.9 Å². The van der Waals surface area contributed by atoms with Gasteiger partial charge in [-0.25, -0.2) is 0 Å². The Morgan fingerprint density at radius 1 is 1.12 bits per heavy atom. The first kappa shape index (κ1) is 11.2. The molecule has 0 aliphatic heterocycles. The number of aliphatic hydroxyl groups is 1. The van der Waals surface area contributed by atoms with Crippen LogP contribution >= 0.6 is 0 Å². The van der Waals surface area contributed by atoms with Gasteiger partial charge in [0, 0.05) is 5.92 Å². The summed E-state index contributed by atoms with van der Waals surface area (Å²) in [6.45, 7) is 0. The van der Waals surface area contributed by atoms with Crippen LogP contribution in [0.25, 0.3) is 0 Å². The Hall–Kier alpha value is -1.26. The van der Waals surface area contributed by atoms with Crippen molar-refractivity contribution in [3.8, 4) is 12.3 Å². The lowest BCUT2D eigenvalue weighted by atomic mass is 9.74. The highest BCUT2D eigenvalue weighted by molar-refractivity contribution is 5.31. The molecule has 1 aliphatic rings. The molecule has 1 saturated carbocycles. The van der Waals surface area contributed by atoms with Gasteiger partial charge in [0.2, 0.25) is 0 Å². The Bertz CT molecular complexity index is 370. The zero-order chi connectivity index (χ0) is 11.4. The zero-order valence-electron chi connectivity index (χ0n) is 9.52. The topological polar surface area (TPSA) is 20.2 Å². The van der Waals surface area contributed by atoms with Gasteiger partial charge in [-0.1, -0.05) is 55.5 Å². The molecule has 1 aromatic carbocycles. The monoisotopic (exact) mass is 214 g/mol. The van der Waals surface area contributed by atoms with Crippen LogP contribution < -0.4 is 0 Å². The molecule has 1 aromatic rings. The van der Waals surface area contributed by atoms with Crippen molar-refractivity contribution >= 4 is 0 Å². The predicted molar refractivity (Wildman–Crippen MR) is 65.7 cm³/mol. The minimum Gasteiger partial charge on any atom is -0.373 e. The van der Waals surface area contributed by atoms with Crippen molar-refractivity contribution in [3.63, 3.8) is 0 Å². The molecule has 1 aliphatic carbocycles. The maximum absolute atomic E-state index is 10.7. The zero-order valence-corrected chi connectivity index (χ0v) is 9.52. The first-order valence-corrected chi connectivity index (χ1v) is 6.03. The molecule has 1 nitrogen and oxygen atoms in total. The van der Waals surface area contributed by atoms with E-state index in [1.807, 2.05) is 30.3 Å². The van der Waals surface area contributed by atoms with Crippen molar-refractivity contribution in [1.29, 1.82) is 0 Å². The van der Waals surface area contributed by atoms with Gasteiger partial charge in [0.05, 0.1) is 0 Å². The van der Waals surface area contributed by atoms with Crippen LogP contribution in [-0.2, 0) is 5.60 Å². The summed E-state index contributed by atoms with van der Waals surface area (Å²) in [7, 11) is 0. The summed E-state index contributed by atoms with van der Waals surface area (Å²) in [5, 5.41) is 10.7. The maximum atomic E-state index is 10.7. The van der Waals surface area contributed by atoms with Crippen LogP contribution in [0.4, 0.5) is 0 Å². The summed E-state index contributed by atoms with van der Waals surface area (Å²) in [5.41, 5.74) is -0.203. The summed E-state index contributed by atoms with van der Waals surface area (Å²) < 4.78 is 0. The summed E-state index contributed by atoms with van der Waals surface area (Å²) in [4.78, 5) is 0. The van der Waals surface area contributed by atoms with Crippen molar-refractivity contribution in [1.82, 2.24) is 0 Å². The molecule has 0 radical (unpaired) electrons. The standard InChI is InChI=1S/C15H18O/c1-2-15(16,13-9-5-3-6-10-13)14-11-7-4-8-12-14/h1,3,5-6,9-10,14,16H,4,7-8,11-12H2. The fourth-order valence-electron chi connectivity index (χ4n) is 2.65. The van der Waals surface area contributed by atoms with Gasteiger partial charge in [0.15, 0.2) is 5.60 Å². The number of rotatable bonds is 2. The smallest absolute Gasteiger partial charge is 0.153 e. The van der Waals surface area contributed by atoms with Crippen molar-refractivity contribution < 1.29 is 5.11 Å². The van der Waals surface area contributed by atoms with Crippen molar-refractivity contribution in [2.45, 2.75) is 37.7 Å². The number of hydrogen-bond donors (Lipinski definition) is 1. The van der Waals surface area contributed by atoms with E-state index in [1.165, 1.54) is 19.3 Å². The molecule has 0 aromatic heterocycles. The van der Waals surface area contributed by atoms with Crippen LogP contribution in [0, 0.1) is 18.3 Å². The highest BCUT2D eigenvalue weighted by Gasteiger charge is 2.36. The molecule has 0 bridgehead atoms. The molecule has 1 heteroatoms. The first-order valence-electron chi connectivity index (χ1n) is 6.03. The van der Waals surface area contributed by atoms with Crippen LogP contribution in [-0.4, -0.2) is 5.11 Å². The number of benzene rings is 1. The SMILES string of the molecule is C#CC(O)(c1ccccc1)C1CCCCC1. The van der Waals surface area contributed by atoms with Gasteiger partial charge in [-0.15, -0.1) is 6.42 Å². The average molecular weight is 214 g/mol. The molecule has 16 heavy (non-hydrogen) atoms. The van der Waals surface area contributed by atoms with Gasteiger partial charge in [0.1, 0.15) is 0 Å². The Labute approximate surface area is 97.5 Å². The van der Waals surface area contributed by atoms with Crippen LogP contribution in [0.15, 0.2) is 30.3 Å². The van der Waals surface area contributed by atoms with E-state index in [-0.39, 0.29) is 5.92 Å². The summed E-state index contributed by atoms with van der Waals surface area (Å²) >= 11 is 0. The van der Waals surface area contributed by atoms with E-state index >= 15 is 0 Å². The molecule has 1 fully saturated rings. The third-order valence-corrected chi connectivity index (χ3v) is 3.63. The second-order valence-corrected chi connectivity index (χ2v) is 4.61. The highest BCUT2D eigenvalue weighted by atomic mass is 16.3. The minimum atomic E-state index is -1.07. The minimum absolute atomic E-state index is 0.216. The lowest BCUT2D eigenvalue weighted by molar-refractivity contribution is 0.0161. The van der Waals surface area contributed by atoms with Gasteiger partial charge in [-0.2, -0.15) is 0 Å². The molecular weight excluding hydrogens is 196 g/mol. The molecule has 2 rings (SSSR count). The van der Waals surface area contributed by atoms with Crippen molar-refractivity contribution in [2.75, 3.05) is 0 Å². The second kappa shape index (κ2) is 4.72. The quantitative estimate of drug-likeness (QED) is 0.750. The van der Waals surface area contributed by atoms with Gasteiger partial charge in [0.25, 0.3) is 0 Å². The molecule has 0 spiro atoms. The molecule has 0 amide bonds. The molecule has 84 valence electrons. The van der Waals surface area contributed by atoms with Gasteiger partial charge in [-0.3, -0.25) is 0 Å². The van der Waals surface area contributed by atoms with Crippen LogP contribution in [0.5, 0.6) is 0 Å². The first-order chi connectivity index (χ1) is 7.77. The van der Waals surface area contributed by atoms with Crippen LogP contribution in [0.1, 0.15) is 37.7 Å². The van der Waals surface area contributed by atoms with E-state index < -0.39 is 5.60 Å². The van der Waals surface area contributed by atoms with E-state index in [0.29, 0.717) is 0 Å². The Morgan fingerprint density at radius 3 is 2.31 bits per heavy atom. The van der Waals surface area contributed by atoms with Gasteiger partial charge >= 0.3 is 0 Å². The van der Waals surface area contributed by atoms with E-state index in [2.05, 4.69) is 5.92 Å². The molecule has 1 atom stereocenters.